The average molecular weight is 295 g/mol. The van der Waals surface area contributed by atoms with Crippen LogP contribution in [0.2, 0.25) is 0 Å². The van der Waals surface area contributed by atoms with Gasteiger partial charge in [0.25, 0.3) is 0 Å². The van der Waals surface area contributed by atoms with Gasteiger partial charge in [0.15, 0.2) is 0 Å². The fraction of sp³-hybridized carbons (Fsp3) is 0.467. The molecule has 1 N–H and O–H groups in total. The quantitative estimate of drug-likeness (QED) is 0.801. The minimum absolute atomic E-state index is 0.0454. The first-order chi connectivity index (χ1) is 9.54. The number of hydrogen-bond acceptors (Lipinski definition) is 3. The van der Waals surface area contributed by atoms with Crippen molar-refractivity contribution in [1.82, 2.24) is 4.90 Å². The molecule has 0 aliphatic rings. The second-order valence-electron chi connectivity index (χ2n) is 4.65. The number of rotatable bonds is 8. The Morgan fingerprint density at radius 2 is 1.95 bits per heavy atom. The second-order valence-corrected chi connectivity index (χ2v) is 5.64. The molecule has 20 heavy (non-hydrogen) atoms. The number of amides is 1. The van der Waals surface area contributed by atoms with Crippen molar-refractivity contribution in [2.45, 2.75) is 32.1 Å². The van der Waals surface area contributed by atoms with Crippen LogP contribution in [0.25, 0.3) is 0 Å². The van der Waals surface area contributed by atoms with Crippen molar-refractivity contribution in [1.29, 1.82) is 0 Å². The van der Waals surface area contributed by atoms with Gasteiger partial charge in [-0.05, 0) is 18.9 Å². The Balaban J connectivity index is 2.47. The Labute approximate surface area is 124 Å². The highest BCUT2D eigenvalue weighted by atomic mass is 32.2. The summed E-state index contributed by atoms with van der Waals surface area (Å²) in [4.78, 5) is 24.4. The number of carboxylic acid groups (broad SMARTS) is 1. The molecular weight excluding hydrogens is 274 g/mol. The van der Waals surface area contributed by atoms with Crippen molar-refractivity contribution >= 4 is 23.6 Å². The summed E-state index contributed by atoms with van der Waals surface area (Å²) >= 11 is 1.51. The lowest BCUT2D eigenvalue weighted by Crippen LogP contribution is -2.42. The topological polar surface area (TPSA) is 57.6 Å². The largest absolute Gasteiger partial charge is 0.480 e. The fourth-order valence-electron chi connectivity index (χ4n) is 1.77. The molecule has 1 aromatic carbocycles. The molecule has 5 heteroatoms. The van der Waals surface area contributed by atoms with E-state index in [4.69, 9.17) is 5.11 Å². The Morgan fingerprint density at radius 3 is 2.50 bits per heavy atom. The maximum atomic E-state index is 12.1. The number of carbonyl (C=O) groups excluding carboxylic acids is 1. The van der Waals surface area contributed by atoms with Gasteiger partial charge in [-0.1, -0.05) is 37.3 Å². The van der Waals surface area contributed by atoms with Crippen molar-refractivity contribution in [3.8, 4) is 0 Å². The lowest BCUT2D eigenvalue weighted by Gasteiger charge is -2.26. The van der Waals surface area contributed by atoms with Crippen LogP contribution in [0.1, 0.15) is 25.8 Å². The van der Waals surface area contributed by atoms with Gasteiger partial charge in [-0.15, -0.1) is 11.8 Å². The van der Waals surface area contributed by atoms with Crippen molar-refractivity contribution in [3.63, 3.8) is 0 Å². The third-order valence-corrected chi connectivity index (χ3v) is 4.07. The van der Waals surface area contributed by atoms with Gasteiger partial charge >= 0.3 is 5.97 Å². The molecule has 4 nitrogen and oxygen atoms in total. The first-order valence-corrected chi connectivity index (χ1v) is 7.83. The molecule has 0 bridgehead atoms. The fourth-order valence-corrected chi connectivity index (χ4v) is 2.64. The number of nitrogens with zero attached hydrogens (tertiary/aromatic N) is 1. The van der Waals surface area contributed by atoms with Gasteiger partial charge in [0.05, 0.1) is 5.75 Å². The van der Waals surface area contributed by atoms with Crippen molar-refractivity contribution in [2.75, 3.05) is 12.3 Å². The summed E-state index contributed by atoms with van der Waals surface area (Å²) in [5, 5.41) is 8.88. The lowest BCUT2D eigenvalue weighted by atomic mass is 10.2. The Hall–Kier alpha value is -1.49. The van der Waals surface area contributed by atoms with Crippen LogP contribution >= 0.6 is 11.8 Å². The lowest BCUT2D eigenvalue weighted by molar-refractivity contribution is -0.144. The van der Waals surface area contributed by atoms with Crippen LogP contribution in [0.3, 0.4) is 0 Å². The number of carboxylic acids is 1. The van der Waals surface area contributed by atoms with E-state index in [0.29, 0.717) is 5.75 Å². The smallest absolute Gasteiger partial charge is 0.323 e. The van der Waals surface area contributed by atoms with Crippen LogP contribution in [-0.2, 0) is 15.3 Å². The zero-order valence-corrected chi connectivity index (χ0v) is 12.7. The van der Waals surface area contributed by atoms with E-state index >= 15 is 0 Å². The van der Waals surface area contributed by atoms with Crippen LogP contribution < -0.4 is 0 Å². The number of benzene rings is 1. The Bertz CT molecular complexity index is 436. The third-order valence-electron chi connectivity index (χ3n) is 3.09. The SMILES string of the molecule is CCC(C)N(CC(=O)O)C(=O)CSCc1ccccc1. The standard InChI is InChI=1S/C15H21NO3S/c1-3-12(2)16(9-15(18)19)14(17)11-20-10-13-7-5-4-6-8-13/h4-8,12H,3,9-11H2,1-2H3,(H,18,19). The van der Waals surface area contributed by atoms with Crippen molar-refractivity contribution in [2.24, 2.45) is 0 Å². The molecule has 0 aliphatic heterocycles. The van der Waals surface area contributed by atoms with Crippen LogP contribution in [-0.4, -0.2) is 40.2 Å². The molecule has 0 radical (unpaired) electrons. The van der Waals surface area contributed by atoms with Gasteiger partial charge in [-0.2, -0.15) is 0 Å². The van der Waals surface area contributed by atoms with Gasteiger partial charge in [-0.25, -0.2) is 0 Å². The Morgan fingerprint density at radius 1 is 1.30 bits per heavy atom. The molecule has 0 saturated heterocycles. The summed E-state index contributed by atoms with van der Waals surface area (Å²) in [5.74, 6) is -0.00469. The minimum Gasteiger partial charge on any atom is -0.480 e. The number of thioether (sulfide) groups is 1. The monoisotopic (exact) mass is 295 g/mol. The molecule has 0 aliphatic carbocycles. The summed E-state index contributed by atoms with van der Waals surface area (Å²) in [6.45, 7) is 3.60. The molecule has 0 aromatic heterocycles. The van der Waals surface area contributed by atoms with Gasteiger partial charge < -0.3 is 10.0 Å². The second kappa shape index (κ2) is 8.64. The normalized spacial score (nSPS) is 11.9. The van der Waals surface area contributed by atoms with E-state index in [1.807, 2.05) is 44.2 Å². The first kappa shape index (κ1) is 16.6. The van der Waals surface area contributed by atoms with Crippen molar-refractivity contribution < 1.29 is 14.7 Å². The molecule has 0 fully saturated rings. The van der Waals surface area contributed by atoms with E-state index in [1.54, 1.807) is 0 Å². The minimum atomic E-state index is -0.966. The van der Waals surface area contributed by atoms with E-state index in [1.165, 1.54) is 22.2 Å². The van der Waals surface area contributed by atoms with Gasteiger partial charge in [0.2, 0.25) is 5.91 Å². The van der Waals surface area contributed by atoms with Crippen molar-refractivity contribution in [3.05, 3.63) is 35.9 Å². The molecule has 0 saturated carbocycles. The van der Waals surface area contributed by atoms with Crippen LogP contribution in [0, 0.1) is 0 Å². The molecular formula is C15H21NO3S. The van der Waals surface area contributed by atoms with Crippen LogP contribution in [0.5, 0.6) is 0 Å². The molecule has 1 unspecified atom stereocenters. The first-order valence-electron chi connectivity index (χ1n) is 6.67. The van der Waals surface area contributed by atoms with E-state index in [-0.39, 0.29) is 18.5 Å². The predicted molar refractivity (Wildman–Crippen MR) is 81.7 cm³/mol. The molecule has 0 spiro atoms. The molecule has 0 heterocycles. The van der Waals surface area contributed by atoms with Crippen LogP contribution in [0.4, 0.5) is 0 Å². The molecule has 110 valence electrons. The third kappa shape index (κ3) is 5.65. The van der Waals surface area contributed by atoms with E-state index in [0.717, 1.165) is 12.2 Å². The highest BCUT2D eigenvalue weighted by Crippen LogP contribution is 2.14. The summed E-state index contributed by atoms with van der Waals surface area (Å²) in [6.07, 6.45) is 0.752. The zero-order chi connectivity index (χ0) is 15.0. The van der Waals surface area contributed by atoms with Gasteiger partial charge in [0.1, 0.15) is 6.54 Å². The summed E-state index contributed by atoms with van der Waals surface area (Å²) < 4.78 is 0. The highest BCUT2D eigenvalue weighted by Gasteiger charge is 2.21. The zero-order valence-electron chi connectivity index (χ0n) is 11.9. The summed E-state index contributed by atoms with van der Waals surface area (Å²) in [7, 11) is 0. The number of carbonyl (C=O) groups is 2. The van der Waals surface area contributed by atoms with E-state index in [2.05, 4.69) is 0 Å². The Kier molecular flexibility index (Phi) is 7.15. The van der Waals surface area contributed by atoms with Gasteiger partial charge in [0, 0.05) is 11.8 Å². The van der Waals surface area contributed by atoms with E-state index in [9.17, 15) is 9.59 Å². The predicted octanol–water partition coefficient (Wildman–Crippen LogP) is 2.63. The maximum Gasteiger partial charge on any atom is 0.323 e. The van der Waals surface area contributed by atoms with Gasteiger partial charge in [-0.3, -0.25) is 9.59 Å². The molecule has 1 aromatic rings. The number of aliphatic carboxylic acids is 1. The number of hydrogen-bond donors (Lipinski definition) is 1. The maximum absolute atomic E-state index is 12.1. The molecule has 1 atom stereocenters. The molecule has 1 amide bonds. The highest BCUT2D eigenvalue weighted by molar-refractivity contribution is 7.99. The summed E-state index contributed by atoms with van der Waals surface area (Å²) in [5.41, 5.74) is 1.17. The summed E-state index contributed by atoms with van der Waals surface area (Å²) in [6, 6.07) is 9.87. The molecule has 1 rings (SSSR count). The van der Waals surface area contributed by atoms with Crippen LogP contribution in [0.15, 0.2) is 30.3 Å². The van der Waals surface area contributed by atoms with E-state index < -0.39 is 5.97 Å². The average Bonchev–Trinajstić information content (AvgIpc) is 2.44.